The minimum Gasteiger partial charge on any atom is -0.481 e. The molecule has 1 atom stereocenters. The standard InChI is InChI=1S/C9H17NO2/c1-7(2)9(8(11)12)4-3-5-10-6-9/h7,10H,3-6H2,1-2H3,(H,11,12). The number of carboxylic acids is 1. The summed E-state index contributed by atoms with van der Waals surface area (Å²) in [6.45, 7) is 5.56. The number of nitrogens with one attached hydrogen (secondary N) is 1. The zero-order valence-electron chi connectivity index (χ0n) is 7.76. The van der Waals surface area contributed by atoms with Crippen molar-refractivity contribution in [3.8, 4) is 0 Å². The Morgan fingerprint density at radius 3 is 2.50 bits per heavy atom. The van der Waals surface area contributed by atoms with Crippen molar-refractivity contribution >= 4 is 5.97 Å². The van der Waals surface area contributed by atoms with Gasteiger partial charge < -0.3 is 10.4 Å². The van der Waals surface area contributed by atoms with E-state index in [0.29, 0.717) is 6.54 Å². The first-order valence-electron chi connectivity index (χ1n) is 4.54. The summed E-state index contributed by atoms with van der Waals surface area (Å²) in [6.07, 6.45) is 1.79. The molecule has 0 saturated carbocycles. The van der Waals surface area contributed by atoms with E-state index in [4.69, 9.17) is 5.11 Å². The smallest absolute Gasteiger partial charge is 0.311 e. The van der Waals surface area contributed by atoms with Crippen molar-refractivity contribution in [1.29, 1.82) is 0 Å². The lowest BCUT2D eigenvalue weighted by Crippen LogP contribution is -2.48. The predicted molar refractivity (Wildman–Crippen MR) is 47.0 cm³/mol. The van der Waals surface area contributed by atoms with Gasteiger partial charge >= 0.3 is 5.97 Å². The summed E-state index contributed by atoms with van der Waals surface area (Å²) >= 11 is 0. The van der Waals surface area contributed by atoms with E-state index in [1.807, 2.05) is 13.8 Å². The van der Waals surface area contributed by atoms with Crippen LogP contribution in [0.25, 0.3) is 0 Å². The van der Waals surface area contributed by atoms with Gasteiger partial charge in [-0.3, -0.25) is 4.79 Å². The maximum Gasteiger partial charge on any atom is 0.311 e. The fraction of sp³-hybridized carbons (Fsp3) is 0.889. The van der Waals surface area contributed by atoms with E-state index in [1.165, 1.54) is 0 Å². The maximum atomic E-state index is 11.1. The van der Waals surface area contributed by atoms with Crippen LogP contribution in [0.15, 0.2) is 0 Å². The summed E-state index contributed by atoms with van der Waals surface area (Å²) in [5, 5.41) is 12.3. The van der Waals surface area contributed by atoms with Crippen LogP contribution in [-0.2, 0) is 4.79 Å². The van der Waals surface area contributed by atoms with E-state index >= 15 is 0 Å². The number of carbonyl (C=O) groups is 1. The van der Waals surface area contributed by atoms with Crippen LogP contribution in [0.1, 0.15) is 26.7 Å². The van der Waals surface area contributed by atoms with E-state index < -0.39 is 11.4 Å². The van der Waals surface area contributed by atoms with Crippen molar-refractivity contribution < 1.29 is 9.90 Å². The zero-order chi connectivity index (χ0) is 9.19. The molecule has 1 aliphatic rings. The van der Waals surface area contributed by atoms with Gasteiger partial charge in [-0.15, -0.1) is 0 Å². The second-order valence-electron chi connectivity index (χ2n) is 3.90. The molecule has 0 spiro atoms. The van der Waals surface area contributed by atoms with Gasteiger partial charge in [0.1, 0.15) is 0 Å². The molecule has 0 aromatic rings. The Morgan fingerprint density at radius 1 is 1.58 bits per heavy atom. The first-order valence-corrected chi connectivity index (χ1v) is 4.54. The number of hydrogen-bond donors (Lipinski definition) is 2. The summed E-state index contributed by atoms with van der Waals surface area (Å²) < 4.78 is 0. The van der Waals surface area contributed by atoms with E-state index in [0.717, 1.165) is 19.4 Å². The molecule has 3 heteroatoms. The highest BCUT2D eigenvalue weighted by molar-refractivity contribution is 5.75. The lowest BCUT2D eigenvalue weighted by Gasteiger charge is -2.37. The van der Waals surface area contributed by atoms with Crippen LogP contribution in [0.2, 0.25) is 0 Å². The van der Waals surface area contributed by atoms with Crippen LogP contribution < -0.4 is 5.32 Å². The Bertz CT molecular complexity index is 171. The molecule has 1 rings (SSSR count). The second-order valence-corrected chi connectivity index (χ2v) is 3.90. The summed E-state index contributed by atoms with van der Waals surface area (Å²) in [5.41, 5.74) is -0.516. The third-order valence-corrected chi connectivity index (χ3v) is 2.95. The number of rotatable bonds is 2. The number of carboxylic acid groups (broad SMARTS) is 1. The quantitative estimate of drug-likeness (QED) is 0.654. The highest BCUT2D eigenvalue weighted by Crippen LogP contribution is 2.34. The fourth-order valence-electron chi connectivity index (χ4n) is 1.85. The highest BCUT2D eigenvalue weighted by Gasteiger charge is 2.42. The molecule has 0 bridgehead atoms. The first-order chi connectivity index (χ1) is 5.59. The SMILES string of the molecule is CC(C)C1(C(=O)O)CCCNC1. The molecule has 1 unspecified atom stereocenters. The Labute approximate surface area is 73.2 Å². The molecule has 1 aliphatic heterocycles. The average molecular weight is 171 g/mol. The van der Waals surface area contributed by atoms with Crippen LogP contribution in [0.3, 0.4) is 0 Å². The molecule has 0 amide bonds. The third-order valence-electron chi connectivity index (χ3n) is 2.95. The monoisotopic (exact) mass is 171 g/mol. The molecule has 0 aliphatic carbocycles. The molecule has 12 heavy (non-hydrogen) atoms. The van der Waals surface area contributed by atoms with Gasteiger partial charge in [-0.05, 0) is 25.3 Å². The Balaban J connectivity index is 2.77. The lowest BCUT2D eigenvalue weighted by atomic mass is 9.72. The topological polar surface area (TPSA) is 49.3 Å². The fourth-order valence-corrected chi connectivity index (χ4v) is 1.85. The van der Waals surface area contributed by atoms with Crippen LogP contribution in [0.4, 0.5) is 0 Å². The van der Waals surface area contributed by atoms with Crippen molar-refractivity contribution in [3.05, 3.63) is 0 Å². The Hall–Kier alpha value is -0.570. The Morgan fingerprint density at radius 2 is 2.25 bits per heavy atom. The van der Waals surface area contributed by atoms with Gasteiger partial charge in [0.2, 0.25) is 0 Å². The summed E-state index contributed by atoms with van der Waals surface area (Å²) in [4.78, 5) is 11.1. The molecule has 2 N–H and O–H groups in total. The van der Waals surface area contributed by atoms with Crippen molar-refractivity contribution in [2.45, 2.75) is 26.7 Å². The Kier molecular flexibility index (Phi) is 2.73. The van der Waals surface area contributed by atoms with Crippen LogP contribution in [-0.4, -0.2) is 24.2 Å². The predicted octanol–water partition coefficient (Wildman–Crippen LogP) is 1.10. The molecule has 0 aromatic heterocycles. The van der Waals surface area contributed by atoms with E-state index in [1.54, 1.807) is 0 Å². The van der Waals surface area contributed by atoms with Crippen molar-refractivity contribution in [1.82, 2.24) is 5.32 Å². The normalized spacial score (nSPS) is 30.6. The van der Waals surface area contributed by atoms with Gasteiger partial charge in [-0.25, -0.2) is 0 Å². The molecular formula is C9H17NO2. The van der Waals surface area contributed by atoms with Gasteiger partial charge in [0.15, 0.2) is 0 Å². The molecule has 1 fully saturated rings. The van der Waals surface area contributed by atoms with E-state index in [2.05, 4.69) is 5.32 Å². The van der Waals surface area contributed by atoms with E-state index in [9.17, 15) is 4.79 Å². The number of hydrogen-bond acceptors (Lipinski definition) is 2. The minimum atomic E-state index is -0.648. The van der Waals surface area contributed by atoms with Gasteiger partial charge in [0.25, 0.3) is 0 Å². The molecule has 70 valence electrons. The number of aliphatic carboxylic acids is 1. The molecule has 0 aromatic carbocycles. The summed E-state index contributed by atoms with van der Waals surface area (Å²) in [6, 6.07) is 0. The van der Waals surface area contributed by atoms with E-state index in [-0.39, 0.29) is 5.92 Å². The maximum absolute atomic E-state index is 11.1. The third kappa shape index (κ3) is 1.46. The van der Waals surface area contributed by atoms with Crippen LogP contribution in [0, 0.1) is 11.3 Å². The minimum absolute atomic E-state index is 0.211. The number of piperidine rings is 1. The van der Waals surface area contributed by atoms with Crippen molar-refractivity contribution in [2.24, 2.45) is 11.3 Å². The highest BCUT2D eigenvalue weighted by atomic mass is 16.4. The summed E-state index contributed by atoms with van der Waals surface area (Å²) in [5.74, 6) is -0.438. The van der Waals surface area contributed by atoms with Crippen LogP contribution >= 0.6 is 0 Å². The molecule has 0 radical (unpaired) electrons. The van der Waals surface area contributed by atoms with Crippen molar-refractivity contribution in [2.75, 3.05) is 13.1 Å². The van der Waals surface area contributed by atoms with Gasteiger partial charge in [0, 0.05) is 6.54 Å². The second kappa shape index (κ2) is 3.44. The molecule has 1 saturated heterocycles. The summed E-state index contributed by atoms with van der Waals surface area (Å²) in [7, 11) is 0. The van der Waals surface area contributed by atoms with Gasteiger partial charge in [-0.1, -0.05) is 13.8 Å². The van der Waals surface area contributed by atoms with Gasteiger partial charge in [-0.2, -0.15) is 0 Å². The molecular weight excluding hydrogens is 154 g/mol. The average Bonchev–Trinajstić information content (AvgIpc) is 2.05. The first kappa shape index (κ1) is 9.52. The lowest BCUT2D eigenvalue weighted by molar-refractivity contribution is -0.153. The van der Waals surface area contributed by atoms with Crippen molar-refractivity contribution in [3.63, 3.8) is 0 Å². The zero-order valence-corrected chi connectivity index (χ0v) is 7.76. The molecule has 1 heterocycles. The molecule has 3 nitrogen and oxygen atoms in total. The van der Waals surface area contributed by atoms with Crippen LogP contribution in [0.5, 0.6) is 0 Å². The van der Waals surface area contributed by atoms with Gasteiger partial charge in [0.05, 0.1) is 5.41 Å². The largest absolute Gasteiger partial charge is 0.481 e.